The Balaban J connectivity index is 4.34. The molecule has 0 unspecified atom stereocenters. The van der Waals surface area contributed by atoms with Gasteiger partial charge in [-0.25, -0.2) is 14.8 Å². The van der Waals surface area contributed by atoms with Gasteiger partial charge in [0.25, 0.3) is 0 Å². The lowest BCUT2D eigenvalue weighted by atomic mass is 10.6. The van der Waals surface area contributed by atoms with Gasteiger partial charge >= 0.3 is 5.97 Å². The summed E-state index contributed by atoms with van der Waals surface area (Å²) in [6.07, 6.45) is 1.20. The highest BCUT2D eigenvalue weighted by atomic mass is 16.5. The first-order valence-electron chi connectivity index (χ1n) is 2.50. The van der Waals surface area contributed by atoms with E-state index in [1.54, 1.807) is 0 Å². The van der Waals surface area contributed by atoms with Crippen molar-refractivity contribution in [1.82, 2.24) is 0 Å². The molecule has 0 saturated carbocycles. The van der Waals surface area contributed by atoms with Gasteiger partial charge in [0.05, 0.1) is 7.11 Å². The Hall–Kier alpha value is -1.45. The summed E-state index contributed by atoms with van der Waals surface area (Å²) in [5.74, 6) is -0.701. The number of methoxy groups -OCH3 is 1. The molecule has 0 spiro atoms. The third-order valence-corrected chi connectivity index (χ3v) is 0.731. The molecule has 10 heavy (non-hydrogen) atoms. The molecule has 0 aromatic heterocycles. The van der Waals surface area contributed by atoms with Crippen LogP contribution >= 0.6 is 0 Å². The van der Waals surface area contributed by atoms with Crippen molar-refractivity contribution in [1.29, 1.82) is 0 Å². The molecule has 0 atom stereocenters. The van der Waals surface area contributed by atoms with E-state index in [9.17, 15) is 4.79 Å². The molecular weight excluding hydrogens is 132 g/mol. The lowest BCUT2D eigenvalue weighted by molar-refractivity contribution is -0.132. The molecule has 0 aromatic rings. The minimum atomic E-state index is -0.616. The summed E-state index contributed by atoms with van der Waals surface area (Å²) < 4.78 is 4.30. The summed E-state index contributed by atoms with van der Waals surface area (Å²) >= 11 is 0. The van der Waals surface area contributed by atoms with Crippen LogP contribution in [0, 0.1) is 0 Å². The second-order valence-corrected chi connectivity index (χ2v) is 1.28. The summed E-state index contributed by atoms with van der Waals surface area (Å²) in [6, 6.07) is 0. The van der Waals surface area contributed by atoms with E-state index in [0.717, 1.165) is 0 Å². The van der Waals surface area contributed by atoms with Gasteiger partial charge in [-0.2, -0.15) is 0 Å². The molecule has 0 N–H and O–H groups in total. The molecule has 0 rings (SSSR count). The number of carbonyl (C=O) groups excluding carboxylic acids is 1. The van der Waals surface area contributed by atoms with Gasteiger partial charge in [0.1, 0.15) is 0 Å². The topological polar surface area (TPSA) is 51.0 Å². The first-order chi connectivity index (χ1) is 4.76. The van der Waals surface area contributed by atoms with Crippen LogP contribution in [0.15, 0.2) is 22.8 Å². The van der Waals surface area contributed by atoms with Gasteiger partial charge in [-0.1, -0.05) is 6.58 Å². The standard InChI is InChI=1S/C6H8N2O2/c1-4-8-5(7-2)6(9)10-3/h4H,1-2H2,3H3. The van der Waals surface area contributed by atoms with Crippen LogP contribution in [0.1, 0.15) is 0 Å². The van der Waals surface area contributed by atoms with Crippen LogP contribution in [0.25, 0.3) is 0 Å². The monoisotopic (exact) mass is 140 g/mol. The highest BCUT2D eigenvalue weighted by molar-refractivity contribution is 6.36. The summed E-state index contributed by atoms with van der Waals surface area (Å²) in [5, 5.41) is 0. The van der Waals surface area contributed by atoms with Gasteiger partial charge in [-0.3, -0.25) is 0 Å². The number of rotatable bonds is 1. The number of ether oxygens (including phenoxy) is 1. The highest BCUT2D eigenvalue weighted by Crippen LogP contribution is 1.84. The summed E-state index contributed by atoms with van der Waals surface area (Å²) in [6.45, 7) is 6.40. The second-order valence-electron chi connectivity index (χ2n) is 1.28. The average molecular weight is 140 g/mol. The van der Waals surface area contributed by atoms with Crippen molar-refractivity contribution in [3.63, 3.8) is 0 Å². The van der Waals surface area contributed by atoms with Crippen molar-refractivity contribution in [3.05, 3.63) is 12.8 Å². The quantitative estimate of drug-likeness (QED) is 0.301. The number of hydrogen-bond acceptors (Lipinski definition) is 3. The van der Waals surface area contributed by atoms with Crippen molar-refractivity contribution < 1.29 is 9.53 Å². The maximum Gasteiger partial charge on any atom is 0.376 e. The number of aliphatic imine (C=N–C) groups is 2. The number of esters is 1. The minimum absolute atomic E-state index is 0.0856. The lowest BCUT2D eigenvalue weighted by Gasteiger charge is -1.93. The number of nitrogens with zero attached hydrogens (tertiary/aromatic N) is 2. The Labute approximate surface area is 58.9 Å². The molecule has 0 saturated heterocycles. The van der Waals surface area contributed by atoms with Crippen molar-refractivity contribution in [2.45, 2.75) is 0 Å². The van der Waals surface area contributed by atoms with Crippen molar-refractivity contribution in [2.75, 3.05) is 7.11 Å². The Morgan fingerprint density at radius 3 is 2.60 bits per heavy atom. The third-order valence-electron chi connectivity index (χ3n) is 0.731. The van der Waals surface area contributed by atoms with Crippen LogP contribution in [0.4, 0.5) is 0 Å². The van der Waals surface area contributed by atoms with Gasteiger partial charge in [0.15, 0.2) is 0 Å². The van der Waals surface area contributed by atoms with E-state index < -0.39 is 5.97 Å². The Bertz CT molecular complexity index is 184. The molecule has 0 aliphatic carbocycles. The van der Waals surface area contributed by atoms with Crippen molar-refractivity contribution >= 4 is 18.5 Å². The molecule has 0 amide bonds. The summed E-state index contributed by atoms with van der Waals surface area (Å²) in [5.41, 5.74) is 0. The van der Waals surface area contributed by atoms with Crippen LogP contribution in [0.3, 0.4) is 0 Å². The summed E-state index contributed by atoms with van der Waals surface area (Å²) in [4.78, 5) is 17.4. The smallest absolute Gasteiger partial charge is 0.376 e. The molecule has 0 fully saturated rings. The first kappa shape index (κ1) is 8.55. The molecule has 0 aliphatic rings. The van der Waals surface area contributed by atoms with E-state index in [0.29, 0.717) is 0 Å². The number of amidine groups is 1. The molecule has 0 heterocycles. The van der Waals surface area contributed by atoms with Gasteiger partial charge in [0, 0.05) is 6.20 Å². The van der Waals surface area contributed by atoms with E-state index in [1.165, 1.54) is 13.3 Å². The van der Waals surface area contributed by atoms with Crippen molar-refractivity contribution in [3.8, 4) is 0 Å². The van der Waals surface area contributed by atoms with Crippen LogP contribution in [-0.2, 0) is 9.53 Å². The van der Waals surface area contributed by atoms with Crippen LogP contribution in [0.5, 0.6) is 0 Å². The molecule has 0 aliphatic heterocycles. The number of carbonyl (C=O) groups is 1. The van der Waals surface area contributed by atoms with E-state index in [2.05, 4.69) is 28.0 Å². The highest BCUT2D eigenvalue weighted by Gasteiger charge is 2.06. The first-order valence-corrected chi connectivity index (χ1v) is 2.50. The Morgan fingerprint density at radius 2 is 2.30 bits per heavy atom. The van der Waals surface area contributed by atoms with Gasteiger partial charge in [-0.15, -0.1) is 0 Å². The van der Waals surface area contributed by atoms with E-state index >= 15 is 0 Å². The second kappa shape index (κ2) is 4.43. The van der Waals surface area contributed by atoms with Crippen LogP contribution in [0.2, 0.25) is 0 Å². The van der Waals surface area contributed by atoms with Gasteiger partial charge in [-0.05, 0) is 6.72 Å². The fraction of sp³-hybridized carbons (Fsp3) is 0.167. The maximum absolute atomic E-state index is 10.6. The largest absolute Gasteiger partial charge is 0.463 e. The molecule has 54 valence electrons. The molecule has 4 nitrogen and oxygen atoms in total. The molecule has 0 bridgehead atoms. The van der Waals surface area contributed by atoms with Crippen molar-refractivity contribution in [2.24, 2.45) is 9.98 Å². The molecule has 0 radical (unpaired) electrons. The Kier molecular flexibility index (Phi) is 3.79. The predicted octanol–water partition coefficient (Wildman–Crippen LogP) is 0.402. The van der Waals surface area contributed by atoms with Crippen LogP contribution in [-0.4, -0.2) is 25.6 Å². The molecular formula is C6H8N2O2. The SMILES string of the molecule is C=CN=C(N=C)C(=O)OC. The molecule has 0 aromatic carbocycles. The average Bonchev–Trinajstić information content (AvgIpc) is 1.99. The zero-order chi connectivity index (χ0) is 7.98. The number of hydrogen-bond donors (Lipinski definition) is 0. The van der Waals surface area contributed by atoms with Gasteiger partial charge in [0.2, 0.25) is 5.84 Å². The van der Waals surface area contributed by atoms with E-state index in [4.69, 9.17) is 0 Å². The predicted molar refractivity (Wildman–Crippen MR) is 39.2 cm³/mol. The summed E-state index contributed by atoms with van der Waals surface area (Å²) in [7, 11) is 1.24. The van der Waals surface area contributed by atoms with Gasteiger partial charge < -0.3 is 4.74 Å². The maximum atomic E-state index is 10.6. The zero-order valence-corrected chi connectivity index (χ0v) is 5.70. The fourth-order valence-electron chi connectivity index (χ4n) is 0.336. The normalized spacial score (nSPS) is 10.3. The van der Waals surface area contributed by atoms with E-state index in [-0.39, 0.29) is 5.84 Å². The lowest BCUT2D eigenvalue weighted by Crippen LogP contribution is -2.12. The molecule has 4 heteroatoms. The fourth-order valence-corrected chi connectivity index (χ4v) is 0.336. The zero-order valence-electron chi connectivity index (χ0n) is 5.70. The Morgan fingerprint density at radius 1 is 1.70 bits per heavy atom. The minimum Gasteiger partial charge on any atom is -0.463 e. The third kappa shape index (κ3) is 2.21. The van der Waals surface area contributed by atoms with Crippen LogP contribution < -0.4 is 0 Å². The van der Waals surface area contributed by atoms with E-state index in [1.807, 2.05) is 0 Å².